The fourth-order valence-electron chi connectivity index (χ4n) is 4.05. The van der Waals surface area contributed by atoms with E-state index in [9.17, 15) is 9.59 Å². The summed E-state index contributed by atoms with van der Waals surface area (Å²) >= 11 is 6.17. The lowest BCUT2D eigenvalue weighted by atomic mass is 10.0. The zero-order valence-electron chi connectivity index (χ0n) is 16.7. The van der Waals surface area contributed by atoms with Crippen LogP contribution in [0.2, 0.25) is 5.02 Å². The number of fused-ring (bicyclic) bond motifs is 1. The van der Waals surface area contributed by atoms with E-state index < -0.39 is 11.7 Å². The second-order valence-electron chi connectivity index (χ2n) is 7.70. The van der Waals surface area contributed by atoms with Crippen LogP contribution in [0.3, 0.4) is 0 Å². The minimum absolute atomic E-state index is 0.0951. The highest BCUT2D eigenvalue weighted by Gasteiger charge is 2.41. The molecule has 0 bridgehead atoms. The number of piperidine rings is 1. The number of benzene rings is 2. The minimum Gasteiger partial charge on any atom is -0.449 e. The van der Waals surface area contributed by atoms with Gasteiger partial charge >= 0.3 is 0 Å². The van der Waals surface area contributed by atoms with Gasteiger partial charge in [-0.25, -0.2) is 0 Å². The maximum Gasteiger partial charge on any atom is 0.291 e. The van der Waals surface area contributed by atoms with Crippen molar-refractivity contribution in [2.45, 2.75) is 18.6 Å². The lowest BCUT2D eigenvalue weighted by Crippen LogP contribution is -2.47. The first-order valence-electron chi connectivity index (χ1n) is 10.2. The highest BCUT2D eigenvalue weighted by atomic mass is 35.5. The molecule has 2 aromatic rings. The Hall–Kier alpha value is -2.87. The first-order chi connectivity index (χ1) is 15.0. The van der Waals surface area contributed by atoms with Gasteiger partial charge in [-0.3, -0.25) is 9.59 Å². The van der Waals surface area contributed by atoms with E-state index in [1.54, 1.807) is 41.3 Å². The van der Waals surface area contributed by atoms with E-state index in [1.807, 2.05) is 12.1 Å². The number of nitrogens with zero attached hydrogens (tertiary/aromatic N) is 1. The maximum atomic E-state index is 13.0. The van der Waals surface area contributed by atoms with Gasteiger partial charge in [-0.1, -0.05) is 29.8 Å². The van der Waals surface area contributed by atoms with E-state index in [1.165, 1.54) is 0 Å². The molecule has 0 aliphatic carbocycles. The number of carbonyl (C=O) groups is 2. The summed E-state index contributed by atoms with van der Waals surface area (Å²) in [4.78, 5) is 27.3. The molecule has 8 heteroatoms. The van der Waals surface area contributed by atoms with Gasteiger partial charge in [0.1, 0.15) is 0 Å². The largest absolute Gasteiger partial charge is 0.449 e. The second-order valence-corrected chi connectivity index (χ2v) is 8.10. The minimum atomic E-state index is -0.529. The van der Waals surface area contributed by atoms with Crippen LogP contribution in [0.1, 0.15) is 28.8 Å². The Bertz CT molecular complexity index is 1070. The molecule has 31 heavy (non-hydrogen) atoms. The second kappa shape index (κ2) is 8.00. The lowest BCUT2D eigenvalue weighted by molar-refractivity contribution is -0.181. The summed E-state index contributed by atoms with van der Waals surface area (Å²) in [6.07, 6.45) is 2.90. The average Bonchev–Trinajstić information content (AvgIpc) is 3.23. The summed E-state index contributed by atoms with van der Waals surface area (Å²) in [5.41, 5.74) is 1.64. The number of anilines is 1. The highest BCUT2D eigenvalue weighted by molar-refractivity contribution is 6.32. The Balaban J connectivity index is 1.31. The normalized spacial score (nSPS) is 21.0. The standard InChI is InChI=1S/C23H21ClN2O5/c24-17-4-2-1-3-15(17)14-20-21(27)25-18-13-16(5-6-19(18)31-20)22(28)26-9-7-23(8-10-26)29-11-12-30-23/h1-6,13-14H,7-12H2,(H,25,27)/b20-14-. The molecule has 5 rings (SSSR count). The van der Waals surface area contributed by atoms with Gasteiger partial charge in [0.25, 0.3) is 11.8 Å². The van der Waals surface area contributed by atoms with E-state index in [0.29, 0.717) is 66.7 Å². The van der Waals surface area contributed by atoms with Crippen molar-refractivity contribution in [1.82, 2.24) is 4.90 Å². The predicted octanol–water partition coefficient (Wildman–Crippen LogP) is 3.69. The first-order valence-corrected chi connectivity index (χ1v) is 10.6. The van der Waals surface area contributed by atoms with E-state index in [4.69, 9.17) is 25.8 Å². The summed E-state index contributed by atoms with van der Waals surface area (Å²) in [5.74, 6) is -0.411. The van der Waals surface area contributed by atoms with Crippen LogP contribution in [0.15, 0.2) is 48.2 Å². The van der Waals surface area contributed by atoms with Gasteiger partial charge in [-0.15, -0.1) is 0 Å². The molecule has 7 nitrogen and oxygen atoms in total. The van der Waals surface area contributed by atoms with Gasteiger partial charge in [-0.05, 0) is 35.9 Å². The molecule has 3 aliphatic heterocycles. The van der Waals surface area contributed by atoms with Crippen LogP contribution in [-0.2, 0) is 14.3 Å². The van der Waals surface area contributed by atoms with Crippen molar-refractivity contribution < 1.29 is 23.8 Å². The van der Waals surface area contributed by atoms with Gasteiger partial charge in [-0.2, -0.15) is 0 Å². The average molecular weight is 441 g/mol. The predicted molar refractivity (Wildman–Crippen MR) is 115 cm³/mol. The van der Waals surface area contributed by atoms with Crippen molar-refractivity contribution in [3.63, 3.8) is 0 Å². The van der Waals surface area contributed by atoms with Gasteiger partial charge < -0.3 is 24.4 Å². The highest BCUT2D eigenvalue weighted by Crippen LogP contribution is 2.35. The third-order valence-electron chi connectivity index (χ3n) is 5.74. The molecule has 2 amide bonds. The van der Waals surface area contributed by atoms with Crippen molar-refractivity contribution in [3.05, 3.63) is 64.4 Å². The topological polar surface area (TPSA) is 77.1 Å². The molecule has 160 valence electrons. The number of likely N-dealkylation sites (tertiary alicyclic amines) is 1. The zero-order chi connectivity index (χ0) is 21.4. The van der Waals surface area contributed by atoms with Crippen LogP contribution in [0.5, 0.6) is 5.75 Å². The maximum absolute atomic E-state index is 13.0. The Morgan fingerprint density at radius 3 is 2.58 bits per heavy atom. The van der Waals surface area contributed by atoms with Gasteiger partial charge in [0, 0.05) is 36.5 Å². The Morgan fingerprint density at radius 1 is 1.10 bits per heavy atom. The summed E-state index contributed by atoms with van der Waals surface area (Å²) in [7, 11) is 0. The zero-order valence-corrected chi connectivity index (χ0v) is 17.5. The first kappa shape index (κ1) is 20.1. The van der Waals surface area contributed by atoms with Crippen molar-refractivity contribution in [3.8, 4) is 5.75 Å². The van der Waals surface area contributed by atoms with Crippen molar-refractivity contribution in [2.75, 3.05) is 31.6 Å². The number of halogens is 1. The molecule has 0 aromatic heterocycles. The SMILES string of the molecule is O=C1Nc2cc(C(=O)N3CCC4(CC3)OCCO4)ccc2O/C1=C\c1ccccc1Cl. The Kier molecular flexibility index (Phi) is 5.17. The molecule has 3 aliphatic rings. The molecular weight excluding hydrogens is 420 g/mol. The van der Waals surface area contributed by atoms with E-state index >= 15 is 0 Å². The number of amides is 2. The molecular formula is C23H21ClN2O5. The number of rotatable bonds is 2. The van der Waals surface area contributed by atoms with Crippen LogP contribution in [-0.4, -0.2) is 48.8 Å². The van der Waals surface area contributed by atoms with Crippen LogP contribution in [0.4, 0.5) is 5.69 Å². The number of hydrogen-bond acceptors (Lipinski definition) is 5. The Labute approximate surface area is 184 Å². The van der Waals surface area contributed by atoms with Crippen molar-refractivity contribution >= 4 is 35.2 Å². The van der Waals surface area contributed by atoms with Crippen molar-refractivity contribution in [1.29, 1.82) is 0 Å². The molecule has 3 heterocycles. The molecule has 2 saturated heterocycles. The summed E-state index contributed by atoms with van der Waals surface area (Å²) in [6, 6.07) is 12.2. The quantitative estimate of drug-likeness (QED) is 0.721. The molecule has 0 atom stereocenters. The number of carbonyl (C=O) groups excluding carboxylic acids is 2. The fourth-order valence-corrected chi connectivity index (χ4v) is 4.24. The summed E-state index contributed by atoms with van der Waals surface area (Å²) in [6.45, 7) is 2.32. The number of nitrogens with one attached hydrogen (secondary N) is 1. The van der Waals surface area contributed by atoms with Crippen LogP contribution >= 0.6 is 11.6 Å². The van der Waals surface area contributed by atoms with Crippen LogP contribution < -0.4 is 10.1 Å². The summed E-state index contributed by atoms with van der Waals surface area (Å²) < 4.78 is 17.2. The van der Waals surface area contributed by atoms with E-state index in [0.717, 1.165) is 0 Å². The molecule has 0 unspecified atom stereocenters. The summed E-state index contributed by atoms with van der Waals surface area (Å²) in [5, 5.41) is 3.32. The van der Waals surface area contributed by atoms with Crippen molar-refractivity contribution in [2.24, 2.45) is 0 Å². The molecule has 1 N–H and O–H groups in total. The van der Waals surface area contributed by atoms with Gasteiger partial charge in [0.2, 0.25) is 0 Å². The van der Waals surface area contributed by atoms with Gasteiger partial charge in [0.15, 0.2) is 17.3 Å². The molecule has 2 fully saturated rings. The third kappa shape index (κ3) is 3.92. The number of hydrogen-bond donors (Lipinski definition) is 1. The van der Waals surface area contributed by atoms with E-state index in [2.05, 4.69) is 5.32 Å². The molecule has 0 radical (unpaired) electrons. The lowest BCUT2D eigenvalue weighted by Gasteiger charge is -2.37. The molecule has 0 saturated carbocycles. The van der Waals surface area contributed by atoms with E-state index in [-0.39, 0.29) is 11.7 Å². The smallest absolute Gasteiger partial charge is 0.291 e. The van der Waals surface area contributed by atoms with Crippen LogP contribution in [0, 0.1) is 0 Å². The Morgan fingerprint density at radius 2 is 1.84 bits per heavy atom. The molecule has 1 spiro atoms. The fraction of sp³-hybridized carbons (Fsp3) is 0.304. The van der Waals surface area contributed by atoms with Gasteiger partial charge in [0.05, 0.1) is 18.9 Å². The monoisotopic (exact) mass is 440 g/mol. The number of ether oxygens (including phenoxy) is 3. The third-order valence-corrected chi connectivity index (χ3v) is 6.08. The van der Waals surface area contributed by atoms with Crippen LogP contribution in [0.25, 0.3) is 6.08 Å². The molecule has 2 aromatic carbocycles.